The molecular weight excluding hydrogens is 236 g/mol. The van der Waals surface area contributed by atoms with Gasteiger partial charge >= 0.3 is 0 Å². The van der Waals surface area contributed by atoms with Crippen molar-refractivity contribution in [1.29, 1.82) is 0 Å². The molecule has 0 aliphatic carbocycles. The maximum absolute atomic E-state index is 5.95. The topological polar surface area (TPSA) is 38.5 Å². The van der Waals surface area contributed by atoms with E-state index in [1.165, 1.54) is 24.9 Å². The molecule has 0 radical (unpaired) electrons. The van der Waals surface area contributed by atoms with Gasteiger partial charge in [0.05, 0.1) is 6.61 Å². The highest BCUT2D eigenvalue weighted by atomic mass is 16.5. The molecule has 2 N–H and O–H groups in total. The number of hydrogen-bond donors (Lipinski definition) is 1. The van der Waals surface area contributed by atoms with Gasteiger partial charge in [-0.1, -0.05) is 25.1 Å². The zero-order chi connectivity index (χ0) is 13.2. The van der Waals surface area contributed by atoms with Crippen molar-refractivity contribution in [3.05, 3.63) is 29.8 Å². The third kappa shape index (κ3) is 2.63. The molecule has 0 bridgehead atoms. The Morgan fingerprint density at radius 2 is 2.21 bits per heavy atom. The first-order chi connectivity index (χ1) is 9.28. The van der Waals surface area contributed by atoms with Crippen LogP contribution in [0.5, 0.6) is 5.75 Å². The molecule has 2 heterocycles. The van der Waals surface area contributed by atoms with Crippen molar-refractivity contribution in [3.63, 3.8) is 0 Å². The highest BCUT2D eigenvalue weighted by molar-refractivity contribution is 5.39. The first-order valence-electron chi connectivity index (χ1n) is 7.43. The second-order valence-corrected chi connectivity index (χ2v) is 6.06. The highest BCUT2D eigenvalue weighted by Crippen LogP contribution is 2.35. The van der Waals surface area contributed by atoms with Crippen molar-refractivity contribution in [2.45, 2.75) is 31.7 Å². The predicted octanol–water partition coefficient (Wildman–Crippen LogP) is 2.22. The average molecular weight is 260 g/mol. The smallest absolute Gasteiger partial charge is 0.122 e. The monoisotopic (exact) mass is 260 g/mol. The van der Waals surface area contributed by atoms with E-state index in [9.17, 15) is 0 Å². The first-order valence-corrected chi connectivity index (χ1v) is 7.43. The Kier molecular flexibility index (Phi) is 3.76. The Bertz CT molecular complexity index is 435. The second-order valence-electron chi connectivity index (χ2n) is 6.06. The Morgan fingerprint density at radius 1 is 1.37 bits per heavy atom. The fraction of sp³-hybridized carbons (Fsp3) is 0.625. The summed E-state index contributed by atoms with van der Waals surface area (Å²) in [5.41, 5.74) is 7.32. The summed E-state index contributed by atoms with van der Waals surface area (Å²) in [6.07, 6.45) is 2.54. The maximum atomic E-state index is 5.95. The van der Waals surface area contributed by atoms with Crippen LogP contribution in [0.3, 0.4) is 0 Å². The van der Waals surface area contributed by atoms with Crippen molar-refractivity contribution in [2.24, 2.45) is 11.7 Å². The minimum absolute atomic E-state index is 0.513. The molecular formula is C16H24N2O. The van der Waals surface area contributed by atoms with E-state index in [1.807, 2.05) is 6.07 Å². The number of fused-ring (bicyclic) bond motifs is 1. The Morgan fingerprint density at radius 3 is 3.05 bits per heavy atom. The number of nitrogens with two attached hydrogens (primary N) is 1. The number of piperidine rings is 1. The zero-order valence-electron chi connectivity index (χ0n) is 11.7. The van der Waals surface area contributed by atoms with Gasteiger partial charge in [0.2, 0.25) is 0 Å². The molecule has 3 unspecified atom stereocenters. The largest absolute Gasteiger partial charge is 0.493 e. The number of para-hydroxylation sites is 1. The summed E-state index contributed by atoms with van der Waals surface area (Å²) in [7, 11) is 0. The van der Waals surface area contributed by atoms with Crippen LogP contribution in [0.4, 0.5) is 0 Å². The molecule has 1 aromatic carbocycles. The molecule has 19 heavy (non-hydrogen) atoms. The summed E-state index contributed by atoms with van der Waals surface area (Å²) in [5.74, 6) is 2.40. The SMILES string of the molecule is CC1CCN(CC2COc3ccccc32)C(CN)C1. The third-order valence-corrected chi connectivity index (χ3v) is 4.63. The van der Waals surface area contributed by atoms with E-state index in [-0.39, 0.29) is 0 Å². The average Bonchev–Trinajstić information content (AvgIpc) is 2.84. The van der Waals surface area contributed by atoms with Gasteiger partial charge in [-0.25, -0.2) is 0 Å². The van der Waals surface area contributed by atoms with E-state index in [1.54, 1.807) is 0 Å². The third-order valence-electron chi connectivity index (χ3n) is 4.63. The van der Waals surface area contributed by atoms with E-state index in [0.717, 1.165) is 31.4 Å². The molecule has 1 saturated heterocycles. The zero-order valence-corrected chi connectivity index (χ0v) is 11.7. The minimum atomic E-state index is 0.513. The molecule has 3 atom stereocenters. The standard InChI is InChI=1S/C16H24N2O/c1-12-6-7-18(14(8-12)9-17)10-13-11-19-16-5-3-2-4-15(13)16/h2-5,12-14H,6-11,17H2,1H3. The van der Waals surface area contributed by atoms with Crippen LogP contribution in [0.25, 0.3) is 0 Å². The molecule has 3 rings (SSSR count). The number of hydrogen-bond acceptors (Lipinski definition) is 3. The molecule has 3 heteroatoms. The van der Waals surface area contributed by atoms with Crippen molar-refractivity contribution >= 4 is 0 Å². The predicted molar refractivity (Wildman–Crippen MR) is 77.5 cm³/mol. The summed E-state index contributed by atoms with van der Waals surface area (Å²) in [5, 5.41) is 0. The van der Waals surface area contributed by atoms with Crippen LogP contribution in [-0.2, 0) is 0 Å². The van der Waals surface area contributed by atoms with Crippen molar-refractivity contribution in [1.82, 2.24) is 4.90 Å². The Labute approximate surface area is 115 Å². The molecule has 3 nitrogen and oxygen atoms in total. The summed E-state index contributed by atoms with van der Waals surface area (Å²) >= 11 is 0. The number of rotatable bonds is 3. The minimum Gasteiger partial charge on any atom is -0.493 e. The molecule has 1 aromatic rings. The first kappa shape index (κ1) is 12.9. The van der Waals surface area contributed by atoms with Gasteiger partial charge in [0.1, 0.15) is 5.75 Å². The van der Waals surface area contributed by atoms with E-state index in [0.29, 0.717) is 12.0 Å². The fourth-order valence-electron chi connectivity index (χ4n) is 3.45. The molecule has 2 aliphatic heterocycles. The van der Waals surface area contributed by atoms with Gasteiger partial charge in [0, 0.05) is 30.6 Å². The van der Waals surface area contributed by atoms with E-state index < -0.39 is 0 Å². The number of benzene rings is 1. The van der Waals surface area contributed by atoms with Crippen LogP contribution in [-0.4, -0.2) is 37.2 Å². The van der Waals surface area contributed by atoms with Crippen LogP contribution in [0, 0.1) is 5.92 Å². The number of nitrogens with zero attached hydrogens (tertiary/aromatic N) is 1. The van der Waals surface area contributed by atoms with Gasteiger partial charge in [-0.2, -0.15) is 0 Å². The van der Waals surface area contributed by atoms with Crippen LogP contribution in [0.15, 0.2) is 24.3 Å². The van der Waals surface area contributed by atoms with Crippen LogP contribution in [0.2, 0.25) is 0 Å². The quantitative estimate of drug-likeness (QED) is 0.905. The molecule has 0 saturated carbocycles. The molecule has 1 fully saturated rings. The van der Waals surface area contributed by atoms with Crippen molar-refractivity contribution in [2.75, 3.05) is 26.2 Å². The van der Waals surface area contributed by atoms with Gasteiger partial charge in [-0.05, 0) is 31.4 Å². The highest BCUT2D eigenvalue weighted by Gasteiger charge is 2.31. The van der Waals surface area contributed by atoms with Gasteiger partial charge in [0.25, 0.3) is 0 Å². The normalized spacial score (nSPS) is 30.9. The molecule has 2 aliphatic rings. The lowest BCUT2D eigenvalue weighted by atomic mass is 9.90. The van der Waals surface area contributed by atoms with E-state index >= 15 is 0 Å². The van der Waals surface area contributed by atoms with Gasteiger partial charge < -0.3 is 10.5 Å². The van der Waals surface area contributed by atoms with E-state index in [4.69, 9.17) is 10.5 Å². The van der Waals surface area contributed by atoms with Crippen molar-refractivity contribution in [3.8, 4) is 5.75 Å². The lowest BCUT2D eigenvalue weighted by molar-refractivity contribution is 0.111. The Hall–Kier alpha value is -1.06. The van der Waals surface area contributed by atoms with Gasteiger partial charge in [-0.3, -0.25) is 4.90 Å². The van der Waals surface area contributed by atoms with Gasteiger partial charge in [0.15, 0.2) is 0 Å². The molecule has 104 valence electrons. The van der Waals surface area contributed by atoms with E-state index in [2.05, 4.69) is 30.0 Å². The molecule has 0 spiro atoms. The number of ether oxygens (including phenoxy) is 1. The molecule has 0 amide bonds. The maximum Gasteiger partial charge on any atom is 0.122 e. The Balaban J connectivity index is 1.69. The summed E-state index contributed by atoms with van der Waals surface area (Å²) in [6, 6.07) is 8.99. The van der Waals surface area contributed by atoms with Crippen LogP contribution >= 0.6 is 0 Å². The second kappa shape index (κ2) is 5.51. The van der Waals surface area contributed by atoms with Crippen LogP contribution < -0.4 is 10.5 Å². The summed E-state index contributed by atoms with van der Waals surface area (Å²) in [6.45, 7) is 6.21. The summed E-state index contributed by atoms with van der Waals surface area (Å²) < 4.78 is 5.78. The molecule has 0 aromatic heterocycles. The van der Waals surface area contributed by atoms with Crippen LogP contribution in [0.1, 0.15) is 31.2 Å². The lowest BCUT2D eigenvalue weighted by Gasteiger charge is -2.39. The fourth-order valence-corrected chi connectivity index (χ4v) is 3.45. The van der Waals surface area contributed by atoms with Gasteiger partial charge in [-0.15, -0.1) is 0 Å². The lowest BCUT2D eigenvalue weighted by Crippen LogP contribution is -2.47. The number of likely N-dealkylation sites (tertiary alicyclic amines) is 1. The summed E-state index contributed by atoms with van der Waals surface area (Å²) in [4.78, 5) is 2.58. The van der Waals surface area contributed by atoms with Crippen molar-refractivity contribution < 1.29 is 4.74 Å².